The monoisotopic (exact) mass is 280 g/mol. The molecule has 0 aromatic carbocycles. The van der Waals surface area contributed by atoms with Crippen molar-refractivity contribution in [2.45, 2.75) is 25.4 Å². The molecule has 6 nitrogen and oxygen atoms in total. The van der Waals surface area contributed by atoms with Crippen molar-refractivity contribution in [3.63, 3.8) is 0 Å². The van der Waals surface area contributed by atoms with Gasteiger partial charge in [0.2, 0.25) is 11.8 Å². The molecule has 2 saturated heterocycles. The molecular weight excluding hydrogens is 268 g/mol. The van der Waals surface area contributed by atoms with E-state index in [4.69, 9.17) is 11.6 Å². The van der Waals surface area contributed by atoms with Crippen molar-refractivity contribution in [2.24, 2.45) is 0 Å². The van der Waals surface area contributed by atoms with E-state index in [9.17, 15) is 9.59 Å². The molecule has 3 rings (SSSR count). The summed E-state index contributed by atoms with van der Waals surface area (Å²) in [7, 11) is 0. The minimum atomic E-state index is -0.276. The molecule has 1 unspecified atom stereocenters. The Morgan fingerprint density at radius 1 is 1.32 bits per heavy atom. The highest BCUT2D eigenvalue weighted by Crippen LogP contribution is 2.24. The van der Waals surface area contributed by atoms with Crippen LogP contribution in [0.5, 0.6) is 0 Å². The lowest BCUT2D eigenvalue weighted by Gasteiger charge is -2.36. The topological polar surface area (TPSA) is 66.4 Å². The van der Waals surface area contributed by atoms with E-state index in [1.165, 1.54) is 12.4 Å². The zero-order valence-corrected chi connectivity index (χ0v) is 11.0. The summed E-state index contributed by atoms with van der Waals surface area (Å²) in [6.45, 7) is 1.13. The van der Waals surface area contributed by atoms with Gasteiger partial charge in [-0.05, 0) is 12.8 Å². The molecule has 2 aliphatic heterocycles. The van der Waals surface area contributed by atoms with Gasteiger partial charge in [-0.2, -0.15) is 0 Å². The summed E-state index contributed by atoms with van der Waals surface area (Å²) >= 11 is 5.66. The van der Waals surface area contributed by atoms with E-state index >= 15 is 0 Å². The first-order chi connectivity index (χ1) is 9.15. The molecule has 7 heteroatoms. The highest BCUT2D eigenvalue weighted by atomic mass is 35.5. The smallest absolute Gasteiger partial charge is 0.246 e. The molecule has 1 atom stereocenters. The van der Waals surface area contributed by atoms with E-state index in [1.807, 2.05) is 0 Å². The summed E-state index contributed by atoms with van der Waals surface area (Å²) in [5.41, 5.74) is 0.636. The van der Waals surface area contributed by atoms with E-state index in [2.05, 4.69) is 9.97 Å². The normalized spacial score (nSPS) is 22.9. The maximum Gasteiger partial charge on any atom is 0.246 e. The molecule has 100 valence electrons. The summed E-state index contributed by atoms with van der Waals surface area (Å²) in [5, 5.41) is 0.312. The molecule has 19 heavy (non-hydrogen) atoms. The van der Waals surface area contributed by atoms with Gasteiger partial charge in [0.25, 0.3) is 0 Å². The van der Waals surface area contributed by atoms with E-state index in [0.717, 1.165) is 12.8 Å². The van der Waals surface area contributed by atoms with Crippen molar-refractivity contribution in [1.82, 2.24) is 19.8 Å². The fourth-order valence-electron chi connectivity index (χ4n) is 2.61. The number of aromatic nitrogens is 2. The predicted molar refractivity (Wildman–Crippen MR) is 67.2 cm³/mol. The summed E-state index contributed by atoms with van der Waals surface area (Å²) in [6.07, 6.45) is 4.63. The molecule has 0 radical (unpaired) electrons. The maximum absolute atomic E-state index is 12.3. The summed E-state index contributed by atoms with van der Waals surface area (Å²) in [6, 6.07) is -0.276. The third-order valence-corrected chi connectivity index (χ3v) is 3.72. The number of hydrogen-bond acceptors (Lipinski definition) is 4. The van der Waals surface area contributed by atoms with Crippen LogP contribution < -0.4 is 0 Å². The molecule has 0 saturated carbocycles. The van der Waals surface area contributed by atoms with Crippen LogP contribution in [0.4, 0.5) is 0 Å². The van der Waals surface area contributed by atoms with Gasteiger partial charge in [-0.15, -0.1) is 0 Å². The minimum Gasteiger partial charge on any atom is -0.329 e. The average molecular weight is 281 g/mol. The summed E-state index contributed by atoms with van der Waals surface area (Å²) < 4.78 is 0. The lowest BCUT2D eigenvalue weighted by atomic mass is 10.1. The molecule has 2 fully saturated rings. The molecule has 3 heterocycles. The second kappa shape index (κ2) is 4.77. The van der Waals surface area contributed by atoms with Crippen molar-refractivity contribution >= 4 is 23.4 Å². The van der Waals surface area contributed by atoms with Gasteiger partial charge in [0.1, 0.15) is 17.7 Å². The Morgan fingerprint density at radius 2 is 2.16 bits per heavy atom. The lowest BCUT2D eigenvalue weighted by molar-refractivity contribution is -0.154. The van der Waals surface area contributed by atoms with E-state index < -0.39 is 0 Å². The number of carbonyl (C=O) groups excluding carboxylic acids is 2. The standard InChI is InChI=1S/C12H13ClN4O2/c13-10-5-14-8(4-15-10)6-16-7-11(18)17-3-1-2-9(17)12(16)19/h4-5,9H,1-3,6-7H2. The Bertz CT molecular complexity index is 519. The third kappa shape index (κ3) is 2.28. The van der Waals surface area contributed by atoms with Gasteiger partial charge in [-0.3, -0.25) is 14.6 Å². The molecule has 0 bridgehead atoms. The summed E-state index contributed by atoms with van der Waals surface area (Å²) in [4.78, 5) is 35.5. The minimum absolute atomic E-state index is 0.00819. The molecular formula is C12H13ClN4O2. The molecule has 2 aliphatic rings. The fourth-order valence-corrected chi connectivity index (χ4v) is 2.71. The molecule has 0 N–H and O–H groups in total. The Balaban J connectivity index is 1.76. The zero-order valence-electron chi connectivity index (χ0n) is 10.3. The van der Waals surface area contributed by atoms with Crippen molar-refractivity contribution in [3.05, 3.63) is 23.2 Å². The van der Waals surface area contributed by atoms with Gasteiger partial charge < -0.3 is 9.80 Å². The molecule has 2 amide bonds. The largest absolute Gasteiger partial charge is 0.329 e. The van der Waals surface area contributed by atoms with Crippen LogP contribution >= 0.6 is 11.6 Å². The van der Waals surface area contributed by atoms with Crippen molar-refractivity contribution in [1.29, 1.82) is 0 Å². The average Bonchev–Trinajstić information content (AvgIpc) is 2.88. The third-order valence-electron chi connectivity index (χ3n) is 3.52. The van der Waals surface area contributed by atoms with Crippen molar-refractivity contribution in [3.8, 4) is 0 Å². The van der Waals surface area contributed by atoms with E-state index in [1.54, 1.807) is 9.80 Å². The first-order valence-corrected chi connectivity index (χ1v) is 6.57. The van der Waals surface area contributed by atoms with E-state index in [0.29, 0.717) is 23.9 Å². The van der Waals surface area contributed by atoms with Gasteiger partial charge in [-0.25, -0.2) is 4.98 Å². The van der Waals surface area contributed by atoms with Crippen molar-refractivity contribution < 1.29 is 9.59 Å². The highest BCUT2D eigenvalue weighted by Gasteiger charge is 2.41. The first-order valence-electron chi connectivity index (χ1n) is 6.20. The Kier molecular flexibility index (Phi) is 3.10. The fraction of sp³-hybridized carbons (Fsp3) is 0.500. The van der Waals surface area contributed by atoms with Gasteiger partial charge >= 0.3 is 0 Å². The van der Waals surface area contributed by atoms with Crippen LogP contribution in [0, 0.1) is 0 Å². The molecule has 1 aromatic rings. The van der Waals surface area contributed by atoms with E-state index in [-0.39, 0.29) is 24.4 Å². The molecule has 0 aliphatic carbocycles. The zero-order chi connectivity index (χ0) is 13.4. The number of rotatable bonds is 2. The Morgan fingerprint density at radius 3 is 2.89 bits per heavy atom. The number of fused-ring (bicyclic) bond motifs is 1. The van der Waals surface area contributed by atoms with Crippen LogP contribution in [-0.2, 0) is 16.1 Å². The van der Waals surface area contributed by atoms with Gasteiger partial charge in [0, 0.05) is 6.54 Å². The Labute approximate surface area is 115 Å². The first kappa shape index (κ1) is 12.3. The van der Waals surface area contributed by atoms with Crippen LogP contribution in [0.3, 0.4) is 0 Å². The van der Waals surface area contributed by atoms with Crippen LogP contribution in [0.15, 0.2) is 12.4 Å². The SMILES string of the molecule is O=C1C2CCCN2C(=O)CN1Cc1cnc(Cl)cn1. The van der Waals surface area contributed by atoms with Crippen LogP contribution in [-0.4, -0.2) is 50.7 Å². The molecule has 1 aromatic heterocycles. The van der Waals surface area contributed by atoms with Gasteiger partial charge in [0.15, 0.2) is 0 Å². The van der Waals surface area contributed by atoms with Crippen molar-refractivity contribution in [2.75, 3.05) is 13.1 Å². The number of piperazine rings is 1. The number of carbonyl (C=O) groups is 2. The second-order valence-electron chi connectivity index (χ2n) is 4.77. The number of nitrogens with zero attached hydrogens (tertiary/aromatic N) is 4. The quantitative estimate of drug-likeness (QED) is 0.789. The number of halogens is 1. The lowest BCUT2D eigenvalue weighted by Crippen LogP contribution is -2.56. The number of hydrogen-bond donors (Lipinski definition) is 0. The van der Waals surface area contributed by atoms with Gasteiger partial charge in [-0.1, -0.05) is 11.6 Å². The van der Waals surface area contributed by atoms with Crippen LogP contribution in [0.25, 0.3) is 0 Å². The van der Waals surface area contributed by atoms with Gasteiger partial charge in [0.05, 0.1) is 24.6 Å². The maximum atomic E-state index is 12.3. The highest BCUT2D eigenvalue weighted by molar-refractivity contribution is 6.29. The molecule has 0 spiro atoms. The predicted octanol–water partition coefficient (Wildman–Crippen LogP) is 0.463. The number of amides is 2. The van der Waals surface area contributed by atoms with Crippen LogP contribution in [0.2, 0.25) is 5.15 Å². The Hall–Kier alpha value is -1.69. The second-order valence-corrected chi connectivity index (χ2v) is 5.16. The summed E-state index contributed by atoms with van der Waals surface area (Å²) in [5.74, 6) is 0.0258. The van der Waals surface area contributed by atoms with Crippen LogP contribution in [0.1, 0.15) is 18.5 Å².